The lowest BCUT2D eigenvalue weighted by Crippen LogP contribution is -2.06. The summed E-state index contributed by atoms with van der Waals surface area (Å²) >= 11 is 17.4. The molecule has 1 aromatic carbocycles. The monoisotopic (exact) mass is 526 g/mol. The van der Waals surface area contributed by atoms with Crippen molar-refractivity contribution >= 4 is 79.6 Å². The summed E-state index contributed by atoms with van der Waals surface area (Å²) in [5.41, 5.74) is 1.03. The fourth-order valence-electron chi connectivity index (χ4n) is 1.12. The molecule has 15 heavy (non-hydrogen) atoms. The maximum atomic E-state index is 9.42. The van der Waals surface area contributed by atoms with Gasteiger partial charge in [0.25, 0.3) is 0 Å². The zero-order valence-corrected chi connectivity index (χ0v) is 15.6. The molecule has 0 aromatic heterocycles. The van der Waals surface area contributed by atoms with Gasteiger partial charge in [0.1, 0.15) is 0 Å². The summed E-state index contributed by atoms with van der Waals surface area (Å²) in [5, 5.41) is 9.42. The Morgan fingerprint density at radius 3 is 1.53 bits per heavy atom. The van der Waals surface area contributed by atoms with Crippen molar-refractivity contribution in [3.63, 3.8) is 0 Å². The number of aliphatic hydroxyl groups is 1. The van der Waals surface area contributed by atoms with E-state index in [1.54, 1.807) is 6.92 Å². The number of halogens is 5. The van der Waals surface area contributed by atoms with Crippen molar-refractivity contribution in [2.24, 2.45) is 0 Å². The first kappa shape index (κ1) is 14.6. The molecule has 1 nitrogen and oxygen atoms in total. The summed E-state index contributed by atoms with van der Waals surface area (Å²) in [7, 11) is 0. The van der Waals surface area contributed by atoms with E-state index in [-0.39, 0.29) is 6.10 Å². The summed E-state index contributed by atoms with van der Waals surface area (Å²) < 4.78 is 4.72. The van der Waals surface area contributed by atoms with Gasteiger partial charge in [-0.1, -0.05) is 0 Å². The molecule has 6 heteroatoms. The van der Waals surface area contributed by atoms with Gasteiger partial charge in [-0.2, -0.15) is 0 Å². The Kier molecular flexibility index (Phi) is 5.81. The molecule has 0 spiro atoms. The lowest BCUT2D eigenvalue weighted by molar-refractivity contribution is 0.195. The Labute approximate surface area is 131 Å². The highest BCUT2D eigenvalue weighted by Crippen LogP contribution is 2.44. The molecule has 1 aromatic rings. The Hall–Kier alpha value is 1.58. The fourth-order valence-corrected chi connectivity index (χ4v) is 4.58. The molecule has 1 rings (SSSR count). The van der Waals surface area contributed by atoms with Crippen molar-refractivity contribution in [2.75, 3.05) is 0 Å². The third-order valence-corrected chi connectivity index (χ3v) is 8.06. The van der Waals surface area contributed by atoms with Crippen LogP contribution < -0.4 is 0 Å². The Balaban J connectivity index is 3.39. The molecule has 0 radical (unpaired) electrons. The van der Waals surface area contributed by atoms with E-state index < -0.39 is 0 Å². The molecule has 0 saturated carbocycles. The van der Waals surface area contributed by atoms with Crippen LogP contribution >= 0.6 is 79.6 Å². The van der Waals surface area contributed by atoms with Gasteiger partial charge in [0.05, 0.1) is 6.10 Å². The molecule has 0 heterocycles. The quantitative estimate of drug-likeness (QED) is 0.400. The molecule has 1 atom stereocenters. The maximum Gasteiger partial charge on any atom is 0.0553 e. The first-order chi connectivity index (χ1) is 6.86. The summed E-state index contributed by atoms with van der Waals surface area (Å²) in [6, 6.07) is 0. The molecule has 0 bridgehead atoms. The average molecular weight is 531 g/mol. The molecular formula is C9H7Br5O. The molecule has 0 aliphatic heterocycles. The minimum Gasteiger partial charge on any atom is -0.393 e. The molecule has 0 aliphatic rings. The number of hydrogen-bond donors (Lipinski definition) is 1. The minimum atomic E-state index is -0.377. The fraction of sp³-hybridized carbons (Fsp3) is 0.333. The van der Waals surface area contributed by atoms with Crippen molar-refractivity contribution < 1.29 is 5.11 Å². The van der Waals surface area contributed by atoms with Gasteiger partial charge in [-0.3, -0.25) is 0 Å². The molecule has 1 unspecified atom stereocenters. The topological polar surface area (TPSA) is 20.2 Å². The highest BCUT2D eigenvalue weighted by molar-refractivity contribution is 9.15. The largest absolute Gasteiger partial charge is 0.393 e. The van der Waals surface area contributed by atoms with Gasteiger partial charge in [-0.05, 0) is 92.1 Å². The van der Waals surface area contributed by atoms with Crippen molar-refractivity contribution in [3.8, 4) is 0 Å². The van der Waals surface area contributed by atoms with Gasteiger partial charge in [0.15, 0.2) is 0 Å². The second-order valence-electron chi connectivity index (χ2n) is 3.10. The van der Waals surface area contributed by atoms with Crippen LogP contribution in [0.25, 0.3) is 0 Å². The summed E-state index contributed by atoms with van der Waals surface area (Å²) in [5.74, 6) is 0. The van der Waals surface area contributed by atoms with Crippen LogP contribution in [-0.2, 0) is 6.42 Å². The van der Waals surface area contributed by atoms with Crippen molar-refractivity contribution in [3.05, 3.63) is 27.9 Å². The summed E-state index contributed by atoms with van der Waals surface area (Å²) in [4.78, 5) is 0. The highest BCUT2D eigenvalue weighted by atomic mass is 79.9. The van der Waals surface area contributed by atoms with Gasteiger partial charge >= 0.3 is 0 Å². The molecular weight excluding hydrogens is 524 g/mol. The van der Waals surface area contributed by atoms with Crippen LogP contribution in [0.3, 0.4) is 0 Å². The predicted octanol–water partition coefficient (Wildman–Crippen LogP) is 5.42. The van der Waals surface area contributed by atoms with E-state index in [1.165, 1.54) is 0 Å². The molecule has 0 fully saturated rings. The average Bonchev–Trinajstić information content (AvgIpc) is 2.18. The van der Waals surface area contributed by atoms with Crippen molar-refractivity contribution in [1.82, 2.24) is 0 Å². The van der Waals surface area contributed by atoms with Crippen LogP contribution in [0, 0.1) is 0 Å². The van der Waals surface area contributed by atoms with E-state index in [0.717, 1.165) is 27.9 Å². The lowest BCUT2D eigenvalue weighted by Gasteiger charge is -2.14. The van der Waals surface area contributed by atoms with E-state index in [9.17, 15) is 5.11 Å². The van der Waals surface area contributed by atoms with Crippen LogP contribution in [-0.4, -0.2) is 11.2 Å². The van der Waals surface area contributed by atoms with E-state index in [2.05, 4.69) is 79.6 Å². The van der Waals surface area contributed by atoms with Crippen LogP contribution in [0.15, 0.2) is 22.4 Å². The summed E-state index contributed by atoms with van der Waals surface area (Å²) in [6.45, 7) is 1.77. The van der Waals surface area contributed by atoms with Crippen LogP contribution in [0.4, 0.5) is 0 Å². The highest BCUT2D eigenvalue weighted by Gasteiger charge is 2.18. The van der Waals surface area contributed by atoms with E-state index in [4.69, 9.17) is 0 Å². The third kappa shape index (κ3) is 3.28. The normalized spacial score (nSPS) is 13.0. The Bertz CT molecular complexity index is 360. The van der Waals surface area contributed by atoms with Crippen LogP contribution in [0.5, 0.6) is 0 Å². The molecule has 84 valence electrons. The van der Waals surface area contributed by atoms with Gasteiger partial charge in [0.2, 0.25) is 0 Å². The Morgan fingerprint density at radius 1 is 0.867 bits per heavy atom. The maximum absolute atomic E-state index is 9.42. The summed E-state index contributed by atoms with van der Waals surface area (Å²) in [6.07, 6.45) is 0.212. The van der Waals surface area contributed by atoms with E-state index in [1.807, 2.05) is 0 Å². The lowest BCUT2D eigenvalue weighted by atomic mass is 10.1. The van der Waals surface area contributed by atoms with Crippen LogP contribution in [0.2, 0.25) is 0 Å². The van der Waals surface area contributed by atoms with Crippen LogP contribution in [0.1, 0.15) is 12.5 Å². The standard InChI is InChI=1S/C9H7Br5O/c1-3(15)2-4-5(10)7(12)9(14)8(13)6(4)11/h3,15H,2H2,1H3. The van der Waals surface area contributed by atoms with E-state index in [0.29, 0.717) is 6.42 Å². The van der Waals surface area contributed by atoms with Gasteiger partial charge in [0, 0.05) is 28.8 Å². The minimum absolute atomic E-state index is 0.377. The number of hydrogen-bond acceptors (Lipinski definition) is 1. The molecule has 0 saturated heterocycles. The van der Waals surface area contributed by atoms with Crippen molar-refractivity contribution in [1.29, 1.82) is 0 Å². The smallest absolute Gasteiger partial charge is 0.0553 e. The number of aliphatic hydroxyl groups excluding tert-OH is 1. The van der Waals surface area contributed by atoms with E-state index >= 15 is 0 Å². The number of benzene rings is 1. The zero-order chi connectivity index (χ0) is 11.7. The Morgan fingerprint density at radius 2 is 1.20 bits per heavy atom. The molecule has 0 amide bonds. The second kappa shape index (κ2) is 5.96. The number of rotatable bonds is 2. The first-order valence-electron chi connectivity index (χ1n) is 4.04. The third-order valence-electron chi connectivity index (χ3n) is 1.80. The second-order valence-corrected chi connectivity index (χ2v) is 7.07. The SMILES string of the molecule is CC(O)Cc1c(Br)c(Br)c(Br)c(Br)c1Br. The van der Waals surface area contributed by atoms with Crippen molar-refractivity contribution in [2.45, 2.75) is 19.4 Å². The van der Waals surface area contributed by atoms with Gasteiger partial charge in [-0.25, -0.2) is 0 Å². The van der Waals surface area contributed by atoms with Gasteiger partial charge < -0.3 is 5.11 Å². The van der Waals surface area contributed by atoms with Gasteiger partial charge in [-0.15, -0.1) is 0 Å². The zero-order valence-electron chi connectivity index (χ0n) is 7.62. The molecule has 1 N–H and O–H groups in total. The molecule has 0 aliphatic carbocycles. The first-order valence-corrected chi connectivity index (χ1v) is 8.01. The predicted molar refractivity (Wildman–Crippen MR) is 80.3 cm³/mol.